The van der Waals surface area contributed by atoms with Crippen molar-refractivity contribution in [3.63, 3.8) is 0 Å². The van der Waals surface area contributed by atoms with Gasteiger partial charge in [-0.2, -0.15) is 10.2 Å². The summed E-state index contributed by atoms with van der Waals surface area (Å²) in [5.41, 5.74) is 5.63. The number of hydrogen-bond donors (Lipinski definition) is 2. The second-order valence-electron chi connectivity index (χ2n) is 7.34. The van der Waals surface area contributed by atoms with Crippen molar-refractivity contribution in [3.8, 4) is 11.1 Å². The molecule has 0 aliphatic rings. The van der Waals surface area contributed by atoms with Crippen molar-refractivity contribution in [2.45, 2.75) is 46.8 Å². The maximum Gasteiger partial charge on any atom is 0.247 e. The van der Waals surface area contributed by atoms with Gasteiger partial charge in [0, 0.05) is 24.4 Å². The first kappa shape index (κ1) is 19.8. The topological polar surface area (TPSA) is 85.0 Å². The number of nitrogens with one attached hydrogen (secondary N) is 1. The highest BCUT2D eigenvalue weighted by atomic mass is 16.3. The molecule has 0 atom stereocenters. The fourth-order valence-corrected chi connectivity index (χ4v) is 3.25. The van der Waals surface area contributed by atoms with Gasteiger partial charge in [0.15, 0.2) is 0 Å². The monoisotopic (exact) mass is 381 g/mol. The zero-order chi connectivity index (χ0) is 20.4. The number of aliphatic hydroxyl groups is 1. The first-order chi connectivity index (χ1) is 13.3. The van der Waals surface area contributed by atoms with Crippen LogP contribution in [0.1, 0.15) is 42.4 Å². The quantitative estimate of drug-likeness (QED) is 0.687. The van der Waals surface area contributed by atoms with Crippen molar-refractivity contribution in [1.82, 2.24) is 19.6 Å². The third kappa shape index (κ3) is 3.99. The number of aryl methyl sites for hydroxylation is 2. The number of aromatic nitrogens is 4. The highest BCUT2D eigenvalue weighted by Crippen LogP contribution is 2.27. The Morgan fingerprint density at radius 3 is 2.43 bits per heavy atom. The molecule has 7 nitrogen and oxygen atoms in total. The number of rotatable bonds is 6. The fraction of sp³-hybridized carbons (Fsp3) is 0.381. The average molecular weight is 381 g/mol. The highest BCUT2D eigenvalue weighted by Gasteiger charge is 2.17. The molecule has 7 heteroatoms. The van der Waals surface area contributed by atoms with Gasteiger partial charge in [-0.05, 0) is 30.9 Å². The summed E-state index contributed by atoms with van der Waals surface area (Å²) in [6, 6.07) is 9.63. The van der Waals surface area contributed by atoms with Gasteiger partial charge in [-0.1, -0.05) is 38.1 Å². The SMILES string of the molecule is Cc1nn(CC(=O)Nc2cc(C(C)C)nn2C)c(C)c1-c1ccc(CO)cc1. The van der Waals surface area contributed by atoms with Crippen LogP contribution in [0.2, 0.25) is 0 Å². The molecule has 2 aromatic heterocycles. The van der Waals surface area contributed by atoms with Crippen LogP contribution in [0.4, 0.5) is 5.82 Å². The summed E-state index contributed by atoms with van der Waals surface area (Å²) in [5.74, 6) is 0.828. The van der Waals surface area contributed by atoms with E-state index in [-0.39, 0.29) is 19.1 Å². The lowest BCUT2D eigenvalue weighted by atomic mass is 10.0. The van der Waals surface area contributed by atoms with E-state index in [1.807, 2.05) is 51.2 Å². The summed E-state index contributed by atoms with van der Waals surface area (Å²) < 4.78 is 3.41. The van der Waals surface area contributed by atoms with Crippen LogP contribution in [0.15, 0.2) is 30.3 Å². The molecule has 0 saturated heterocycles. The number of aliphatic hydroxyl groups excluding tert-OH is 1. The number of nitrogens with zero attached hydrogens (tertiary/aromatic N) is 4. The molecule has 0 radical (unpaired) electrons. The van der Waals surface area contributed by atoms with Gasteiger partial charge in [0.2, 0.25) is 5.91 Å². The summed E-state index contributed by atoms with van der Waals surface area (Å²) in [7, 11) is 1.82. The summed E-state index contributed by atoms with van der Waals surface area (Å²) in [4.78, 5) is 12.6. The van der Waals surface area contributed by atoms with Crippen LogP contribution in [0.3, 0.4) is 0 Å². The molecule has 0 bridgehead atoms. The molecule has 1 aromatic carbocycles. The van der Waals surface area contributed by atoms with Gasteiger partial charge in [0.25, 0.3) is 0 Å². The van der Waals surface area contributed by atoms with E-state index < -0.39 is 0 Å². The van der Waals surface area contributed by atoms with Crippen LogP contribution < -0.4 is 5.32 Å². The van der Waals surface area contributed by atoms with E-state index in [1.54, 1.807) is 9.36 Å². The minimum atomic E-state index is -0.147. The fourth-order valence-electron chi connectivity index (χ4n) is 3.25. The lowest BCUT2D eigenvalue weighted by Gasteiger charge is -2.08. The Kier molecular flexibility index (Phi) is 5.65. The molecule has 2 heterocycles. The lowest BCUT2D eigenvalue weighted by Crippen LogP contribution is -2.21. The molecule has 2 N–H and O–H groups in total. The Labute approximate surface area is 165 Å². The Morgan fingerprint density at radius 1 is 1.18 bits per heavy atom. The molecular weight excluding hydrogens is 354 g/mol. The van der Waals surface area contributed by atoms with Gasteiger partial charge >= 0.3 is 0 Å². The zero-order valence-electron chi connectivity index (χ0n) is 17.0. The third-order valence-corrected chi connectivity index (χ3v) is 4.86. The molecule has 0 spiro atoms. The number of carbonyl (C=O) groups is 1. The van der Waals surface area contributed by atoms with Crippen LogP contribution in [0, 0.1) is 13.8 Å². The summed E-state index contributed by atoms with van der Waals surface area (Å²) >= 11 is 0. The Balaban J connectivity index is 1.78. The van der Waals surface area contributed by atoms with E-state index in [1.165, 1.54) is 0 Å². The molecule has 3 rings (SSSR count). The van der Waals surface area contributed by atoms with Gasteiger partial charge in [0.05, 0.1) is 18.0 Å². The third-order valence-electron chi connectivity index (χ3n) is 4.86. The van der Waals surface area contributed by atoms with Gasteiger partial charge in [0.1, 0.15) is 12.4 Å². The molecule has 1 amide bonds. The van der Waals surface area contributed by atoms with Crippen molar-refractivity contribution >= 4 is 11.7 Å². The number of benzene rings is 1. The minimum Gasteiger partial charge on any atom is -0.392 e. The predicted molar refractivity (Wildman–Crippen MR) is 109 cm³/mol. The van der Waals surface area contributed by atoms with Gasteiger partial charge < -0.3 is 10.4 Å². The van der Waals surface area contributed by atoms with E-state index in [9.17, 15) is 9.90 Å². The molecule has 0 fully saturated rings. The number of hydrogen-bond acceptors (Lipinski definition) is 4. The molecule has 28 heavy (non-hydrogen) atoms. The van der Waals surface area contributed by atoms with Crippen LogP contribution in [-0.4, -0.2) is 30.6 Å². The van der Waals surface area contributed by atoms with Crippen LogP contribution in [0.25, 0.3) is 11.1 Å². The van der Waals surface area contributed by atoms with E-state index in [4.69, 9.17) is 0 Å². The summed E-state index contributed by atoms with van der Waals surface area (Å²) in [6.07, 6.45) is 0. The molecular formula is C21H27N5O2. The average Bonchev–Trinajstić information content (AvgIpc) is 3.15. The molecule has 0 aliphatic carbocycles. The number of carbonyl (C=O) groups excluding carboxylic acids is 1. The molecule has 148 valence electrons. The second-order valence-corrected chi connectivity index (χ2v) is 7.34. The second kappa shape index (κ2) is 7.98. The first-order valence-corrected chi connectivity index (χ1v) is 9.38. The van der Waals surface area contributed by atoms with E-state index in [2.05, 4.69) is 29.4 Å². The van der Waals surface area contributed by atoms with Gasteiger partial charge in [-0.3, -0.25) is 14.2 Å². The van der Waals surface area contributed by atoms with E-state index in [0.29, 0.717) is 11.7 Å². The Bertz CT molecular complexity index is 983. The van der Waals surface area contributed by atoms with E-state index in [0.717, 1.165) is 33.8 Å². The molecule has 0 unspecified atom stereocenters. The number of anilines is 1. The van der Waals surface area contributed by atoms with Gasteiger partial charge in [-0.15, -0.1) is 0 Å². The molecule has 0 aliphatic heterocycles. The Morgan fingerprint density at radius 2 is 1.86 bits per heavy atom. The van der Waals surface area contributed by atoms with Gasteiger partial charge in [-0.25, -0.2) is 0 Å². The smallest absolute Gasteiger partial charge is 0.247 e. The highest BCUT2D eigenvalue weighted by molar-refractivity contribution is 5.90. The van der Waals surface area contributed by atoms with Crippen molar-refractivity contribution < 1.29 is 9.90 Å². The van der Waals surface area contributed by atoms with Crippen molar-refractivity contribution in [1.29, 1.82) is 0 Å². The summed E-state index contributed by atoms with van der Waals surface area (Å²) in [5, 5.41) is 21.1. The molecule has 0 saturated carbocycles. The Hall–Kier alpha value is -2.93. The van der Waals surface area contributed by atoms with Crippen LogP contribution in [0.5, 0.6) is 0 Å². The normalized spacial score (nSPS) is 11.2. The van der Waals surface area contributed by atoms with E-state index >= 15 is 0 Å². The maximum atomic E-state index is 12.6. The lowest BCUT2D eigenvalue weighted by molar-refractivity contribution is -0.117. The van der Waals surface area contributed by atoms with Crippen LogP contribution in [-0.2, 0) is 25.0 Å². The van der Waals surface area contributed by atoms with Crippen molar-refractivity contribution in [2.24, 2.45) is 7.05 Å². The maximum absolute atomic E-state index is 12.6. The zero-order valence-corrected chi connectivity index (χ0v) is 17.0. The summed E-state index contributed by atoms with van der Waals surface area (Å²) in [6.45, 7) is 8.18. The largest absolute Gasteiger partial charge is 0.392 e. The predicted octanol–water partition coefficient (Wildman–Crippen LogP) is 3.15. The number of amides is 1. The van der Waals surface area contributed by atoms with Crippen molar-refractivity contribution in [2.75, 3.05) is 5.32 Å². The minimum absolute atomic E-state index is 0.0181. The van der Waals surface area contributed by atoms with Crippen LogP contribution >= 0.6 is 0 Å². The first-order valence-electron chi connectivity index (χ1n) is 9.38. The van der Waals surface area contributed by atoms with Crippen molar-refractivity contribution in [3.05, 3.63) is 53.0 Å². The molecule has 3 aromatic rings. The standard InChI is InChI=1S/C21H27N5O2/c1-13(2)18-10-19(25(5)24-18)22-20(28)11-26-15(4)21(14(3)23-26)17-8-6-16(12-27)7-9-17/h6-10,13,27H,11-12H2,1-5H3,(H,22,28).